The van der Waals surface area contributed by atoms with Crippen LogP contribution in [0.25, 0.3) is 0 Å². The molecule has 0 heterocycles. The summed E-state index contributed by atoms with van der Waals surface area (Å²) in [5.74, 6) is -0.0743. The van der Waals surface area contributed by atoms with Gasteiger partial charge in [0.1, 0.15) is 0 Å². The van der Waals surface area contributed by atoms with Gasteiger partial charge in [0.05, 0.1) is 0 Å². The first-order chi connectivity index (χ1) is 14.6. The molecule has 0 aromatic heterocycles. The standard InChI is InChI=1S/2C8H16O2.C6H12O2.2Hg/c2*1-2-3-4-5-6-7-8(9)10;1-5(7-3)6(2)8-4;;/h2*2-7H2,1H3,(H,9,10);5-6H,1-2H2,3-4H3;;/q;;;2*+1/p-2. The fraction of sp³-hybridized carbons (Fsp3) is 0.909. The summed E-state index contributed by atoms with van der Waals surface area (Å²) in [7, 11) is 3.36. The van der Waals surface area contributed by atoms with Crippen LogP contribution in [-0.2, 0) is 74.4 Å². The molecule has 0 saturated carbocycles. The first-order valence-electron chi connectivity index (χ1n) is 12.0. The van der Waals surface area contributed by atoms with Gasteiger partial charge in [-0.25, -0.2) is 0 Å². The van der Waals surface area contributed by atoms with Crippen LogP contribution in [0.1, 0.15) is 90.9 Å². The molecule has 0 radical (unpaired) electrons. The van der Waals surface area contributed by atoms with Crippen molar-refractivity contribution in [2.45, 2.75) is 111 Å². The Labute approximate surface area is 210 Å². The zero-order chi connectivity index (χ0) is 22.5. The van der Waals surface area contributed by atoms with Crippen LogP contribution in [-0.4, -0.2) is 38.4 Å². The summed E-state index contributed by atoms with van der Waals surface area (Å²) in [6.07, 6.45) is 12.4. The number of carbonyl (C=O) groups excluding carboxylic acids is 2. The SMILES string of the molecule is CCCCCCCC(=O)[O][Hg][CH2]C(OC)C([CH2][Hg][O]C(=O)CCCCCCC)OC. The molecule has 170 valence electrons. The predicted molar refractivity (Wildman–Crippen MR) is 110 cm³/mol. The Balaban J connectivity index is 3.96. The van der Waals surface area contributed by atoms with Crippen molar-refractivity contribution in [1.29, 1.82) is 0 Å². The molecular formula is C22H42Hg2O6. The van der Waals surface area contributed by atoms with Crippen molar-refractivity contribution in [1.82, 2.24) is 0 Å². The van der Waals surface area contributed by atoms with Crippen LogP contribution in [0.15, 0.2) is 0 Å². The maximum atomic E-state index is 11.9. The van der Waals surface area contributed by atoms with Gasteiger partial charge in [0.15, 0.2) is 0 Å². The normalized spacial score (nSPS) is 12.5. The van der Waals surface area contributed by atoms with E-state index >= 15 is 0 Å². The average Bonchev–Trinajstić information content (AvgIpc) is 2.74. The van der Waals surface area contributed by atoms with Gasteiger partial charge in [-0.3, -0.25) is 0 Å². The Morgan fingerprint density at radius 1 is 0.633 bits per heavy atom. The minimum absolute atomic E-state index is 0.0372. The summed E-state index contributed by atoms with van der Waals surface area (Å²) in [6.45, 7) is 4.37. The molecule has 8 heteroatoms. The molecule has 2 atom stereocenters. The van der Waals surface area contributed by atoms with Crippen LogP contribution < -0.4 is 0 Å². The van der Waals surface area contributed by atoms with E-state index in [2.05, 4.69) is 13.8 Å². The van der Waals surface area contributed by atoms with Crippen LogP contribution in [0, 0.1) is 0 Å². The van der Waals surface area contributed by atoms with Crippen LogP contribution >= 0.6 is 0 Å². The summed E-state index contributed by atoms with van der Waals surface area (Å²) >= 11 is -3.55. The van der Waals surface area contributed by atoms with Crippen molar-refractivity contribution in [3.05, 3.63) is 0 Å². The van der Waals surface area contributed by atoms with Gasteiger partial charge in [-0.15, -0.1) is 0 Å². The molecular weight excluding hydrogens is 761 g/mol. The van der Waals surface area contributed by atoms with E-state index in [9.17, 15) is 9.59 Å². The predicted octanol–water partition coefficient (Wildman–Crippen LogP) is 5.66. The van der Waals surface area contributed by atoms with Crippen molar-refractivity contribution >= 4 is 11.9 Å². The molecule has 0 rings (SSSR count). The van der Waals surface area contributed by atoms with E-state index in [0.29, 0.717) is 12.8 Å². The number of carbonyl (C=O) groups is 2. The van der Waals surface area contributed by atoms with Gasteiger partial charge in [0.25, 0.3) is 0 Å². The summed E-state index contributed by atoms with van der Waals surface area (Å²) in [6, 6.07) is 0. The van der Waals surface area contributed by atoms with Crippen molar-refractivity contribution < 1.29 is 74.4 Å². The first kappa shape index (κ1) is 30.7. The number of ether oxygens (including phenoxy) is 2. The molecule has 0 aromatic rings. The van der Waals surface area contributed by atoms with E-state index in [1.807, 2.05) is 0 Å². The second-order valence-corrected chi connectivity index (χ2v) is 17.8. The van der Waals surface area contributed by atoms with E-state index in [1.165, 1.54) is 38.5 Å². The third-order valence-corrected chi connectivity index (χ3v) is 15.7. The Bertz CT molecular complexity index is 384. The number of methoxy groups -OCH3 is 2. The number of rotatable bonds is 21. The van der Waals surface area contributed by atoms with Crippen LogP contribution in [0.3, 0.4) is 0 Å². The van der Waals surface area contributed by atoms with Crippen molar-refractivity contribution in [3.8, 4) is 0 Å². The molecule has 0 saturated heterocycles. The van der Waals surface area contributed by atoms with Gasteiger partial charge in [-0.05, 0) is 0 Å². The fourth-order valence-corrected chi connectivity index (χ4v) is 13.7. The number of unbranched alkanes of at least 4 members (excludes halogenated alkanes) is 8. The zero-order valence-corrected chi connectivity index (χ0v) is 30.9. The molecule has 0 aliphatic carbocycles. The van der Waals surface area contributed by atoms with E-state index < -0.39 is 50.1 Å². The molecule has 0 aliphatic rings. The molecule has 30 heavy (non-hydrogen) atoms. The van der Waals surface area contributed by atoms with Gasteiger partial charge < -0.3 is 0 Å². The molecule has 0 fully saturated rings. The van der Waals surface area contributed by atoms with Gasteiger partial charge >= 0.3 is 212 Å². The Morgan fingerprint density at radius 2 is 1.00 bits per heavy atom. The number of hydrogen-bond acceptors (Lipinski definition) is 6. The van der Waals surface area contributed by atoms with Crippen LogP contribution in [0.5, 0.6) is 0 Å². The van der Waals surface area contributed by atoms with E-state index in [1.54, 1.807) is 14.2 Å². The van der Waals surface area contributed by atoms with Crippen LogP contribution in [0.4, 0.5) is 0 Å². The molecule has 0 amide bonds. The minimum atomic E-state index is -1.78. The molecule has 6 nitrogen and oxygen atoms in total. The van der Waals surface area contributed by atoms with E-state index in [4.69, 9.17) is 14.8 Å². The third kappa shape index (κ3) is 18.3. The van der Waals surface area contributed by atoms with E-state index in [0.717, 1.165) is 33.5 Å². The summed E-state index contributed by atoms with van der Waals surface area (Å²) in [5.41, 5.74) is 0. The maximum absolute atomic E-state index is 11.9. The topological polar surface area (TPSA) is 71.1 Å². The average molecular weight is 804 g/mol. The first-order valence-corrected chi connectivity index (χ1v) is 24.2. The van der Waals surface area contributed by atoms with Crippen LogP contribution in [0.2, 0.25) is 7.86 Å². The second-order valence-electron chi connectivity index (χ2n) is 7.90. The fourth-order valence-electron chi connectivity index (χ4n) is 3.38. The monoisotopic (exact) mass is 806 g/mol. The van der Waals surface area contributed by atoms with Crippen molar-refractivity contribution in [2.75, 3.05) is 14.2 Å². The molecule has 0 bridgehead atoms. The Kier molecular flexibility index (Phi) is 23.5. The molecule has 2 unspecified atom stereocenters. The molecule has 0 aliphatic heterocycles. The van der Waals surface area contributed by atoms with E-state index in [-0.39, 0.29) is 24.1 Å². The van der Waals surface area contributed by atoms with Gasteiger partial charge in [-0.2, -0.15) is 0 Å². The van der Waals surface area contributed by atoms with Gasteiger partial charge in [-0.1, -0.05) is 0 Å². The Hall–Kier alpha value is 0.730. The quantitative estimate of drug-likeness (QED) is 0.110. The molecule has 0 aromatic carbocycles. The Morgan fingerprint density at radius 3 is 1.33 bits per heavy atom. The van der Waals surface area contributed by atoms with Gasteiger partial charge in [0.2, 0.25) is 0 Å². The van der Waals surface area contributed by atoms with Crippen molar-refractivity contribution in [3.63, 3.8) is 0 Å². The number of hydrogen-bond donors (Lipinski definition) is 0. The summed E-state index contributed by atoms with van der Waals surface area (Å²) < 4.78 is 24.0. The molecule has 0 N–H and O–H groups in total. The third-order valence-electron chi connectivity index (χ3n) is 5.32. The zero-order valence-electron chi connectivity index (χ0n) is 19.9. The summed E-state index contributed by atoms with van der Waals surface area (Å²) in [5, 5.41) is 0. The molecule has 0 spiro atoms. The second kappa shape index (κ2) is 22.9. The summed E-state index contributed by atoms with van der Waals surface area (Å²) in [4.78, 5) is 23.8. The van der Waals surface area contributed by atoms with Crippen molar-refractivity contribution in [2.24, 2.45) is 0 Å². The van der Waals surface area contributed by atoms with Gasteiger partial charge in [0, 0.05) is 0 Å².